The predicted octanol–water partition coefficient (Wildman–Crippen LogP) is 12.5. The van der Waals surface area contributed by atoms with Crippen LogP contribution < -0.4 is 4.90 Å². The molecule has 7 aromatic carbocycles. The van der Waals surface area contributed by atoms with Gasteiger partial charge >= 0.3 is 21.1 Å². The molecule has 0 fully saturated rings. The van der Waals surface area contributed by atoms with E-state index < -0.39 is 18.1 Å². The first-order valence-corrected chi connectivity index (χ1v) is 18.1. The second-order valence-electron chi connectivity index (χ2n) is 13.6. The van der Waals surface area contributed by atoms with E-state index in [1.807, 2.05) is 84.9 Å². The second-order valence-corrected chi connectivity index (χ2v) is 13.6. The molecule has 6 heteroatoms. The molecule has 9 rings (SSSR count). The van der Waals surface area contributed by atoms with Gasteiger partial charge in [0.1, 0.15) is 0 Å². The Morgan fingerprint density at radius 1 is 0.429 bits per heavy atom. The van der Waals surface area contributed by atoms with Crippen LogP contribution in [0.4, 0.5) is 17.1 Å². The van der Waals surface area contributed by atoms with Crippen molar-refractivity contribution >= 4 is 39.1 Å². The van der Waals surface area contributed by atoms with Crippen LogP contribution in [0.1, 0.15) is 29.1 Å². The molecule has 0 aliphatic rings. The zero-order valence-corrected chi connectivity index (χ0v) is 33.4. The van der Waals surface area contributed by atoms with E-state index in [9.17, 15) is 2.74 Å². The number of hydrogen-bond acceptors (Lipinski definition) is 5. The molecule has 2 heterocycles. The third kappa shape index (κ3) is 6.80. The van der Waals surface area contributed by atoms with E-state index in [0.717, 1.165) is 44.4 Å². The van der Waals surface area contributed by atoms with Crippen LogP contribution in [-0.2, 0) is 21.1 Å². The van der Waals surface area contributed by atoms with Gasteiger partial charge < -0.3 is 4.90 Å². The molecule has 9 aromatic rings. The van der Waals surface area contributed by atoms with Crippen molar-refractivity contribution in [1.82, 2.24) is 19.9 Å². The molecule has 0 atom stereocenters. The molecule has 272 valence electrons. The second kappa shape index (κ2) is 15.5. The van der Waals surface area contributed by atoms with Crippen LogP contribution in [0.3, 0.4) is 0 Å². The number of aryl methyl sites for hydroxylation is 4. The molecule has 56 heavy (non-hydrogen) atoms. The van der Waals surface area contributed by atoms with Crippen LogP contribution >= 0.6 is 0 Å². The molecule has 0 unspecified atom stereocenters. The maximum absolute atomic E-state index is 9.18. The number of para-hydroxylation sites is 5. The number of benzene rings is 7. The minimum absolute atomic E-state index is 0. The summed E-state index contributed by atoms with van der Waals surface area (Å²) in [5.74, 6) is 0. The van der Waals surface area contributed by atoms with Crippen LogP contribution in [0.5, 0.6) is 0 Å². The number of nitrogens with zero attached hydrogens (tertiary/aromatic N) is 5. The number of fused-ring (bicyclic) bond motifs is 2. The quantitative estimate of drug-likeness (QED) is 0.149. The van der Waals surface area contributed by atoms with E-state index in [1.165, 1.54) is 0 Å². The van der Waals surface area contributed by atoms with Gasteiger partial charge in [0.15, 0.2) is 0 Å². The maximum Gasteiger partial charge on any atom is 2.00 e. The molecular weight excluding hydrogens is 866 g/mol. The molecule has 0 radical (unpaired) electrons. The van der Waals surface area contributed by atoms with E-state index >= 15 is 0 Å². The van der Waals surface area contributed by atoms with Gasteiger partial charge in [-0.15, -0.1) is 59.7 Å². The maximum atomic E-state index is 9.18. The van der Waals surface area contributed by atoms with Crippen LogP contribution in [0, 0.1) is 39.8 Å². The number of aromatic nitrogens is 4. The summed E-state index contributed by atoms with van der Waals surface area (Å²) in [4.78, 5) is 22.3. The Morgan fingerprint density at radius 3 is 1.18 bits per heavy atom. The van der Waals surface area contributed by atoms with Gasteiger partial charge in [-0.25, -0.2) is 0 Å². The van der Waals surface area contributed by atoms with Gasteiger partial charge in [0.2, 0.25) is 0 Å². The first-order valence-electron chi connectivity index (χ1n) is 20.6. The van der Waals surface area contributed by atoms with Gasteiger partial charge in [0.05, 0.1) is 40.3 Å². The number of anilines is 3. The van der Waals surface area contributed by atoms with Crippen LogP contribution in [-0.4, -0.2) is 19.9 Å². The Morgan fingerprint density at radius 2 is 0.786 bits per heavy atom. The van der Waals surface area contributed by atoms with Crippen LogP contribution in [0.15, 0.2) is 152 Å². The molecule has 0 bridgehead atoms. The minimum Gasteiger partial charge on any atom is -0.346 e. The molecule has 2 aromatic heterocycles. The van der Waals surface area contributed by atoms with Gasteiger partial charge in [0, 0.05) is 17.1 Å². The Hall–Kier alpha value is -6.29. The number of hydrogen-bond donors (Lipinski definition) is 0. The van der Waals surface area contributed by atoms with E-state index in [1.54, 1.807) is 17.0 Å². The molecular formula is C50H37N5Pt. The summed E-state index contributed by atoms with van der Waals surface area (Å²) in [6.45, 7) is 8.21. The van der Waals surface area contributed by atoms with Crippen molar-refractivity contribution in [2.75, 3.05) is 4.90 Å². The average Bonchev–Trinajstić information content (AvgIpc) is 3.26. The monoisotopic (exact) mass is 907 g/mol. The van der Waals surface area contributed by atoms with Gasteiger partial charge in [-0.05, 0) is 109 Å². The standard InChI is InChI=1S/C50H37N5.Pt/c1-32-16-12-17-33(2)45(32)49-47(51-41-26-8-10-28-43(41)53-49)36-20-14-24-39(30-36)55(38-22-6-5-7-23-38)40-25-15-21-37(31-40)48-50(46-34(3)18-13-19-35(46)4)54-44-29-11-9-27-42(44)52-48;/h5-29H,1-4H3;/q-2;+2/i5D,6D,7D,22D,23D;. The van der Waals surface area contributed by atoms with E-state index in [-0.39, 0.29) is 38.8 Å². The van der Waals surface area contributed by atoms with Crippen molar-refractivity contribution in [3.05, 3.63) is 186 Å². The van der Waals surface area contributed by atoms with E-state index in [0.29, 0.717) is 56.3 Å². The molecule has 0 amide bonds. The third-order valence-electron chi connectivity index (χ3n) is 9.84. The average molecular weight is 908 g/mol. The van der Waals surface area contributed by atoms with Crippen molar-refractivity contribution in [3.8, 4) is 45.0 Å². The molecule has 0 saturated carbocycles. The summed E-state index contributed by atoms with van der Waals surface area (Å²) in [7, 11) is 0. The zero-order chi connectivity index (χ0) is 41.8. The van der Waals surface area contributed by atoms with Gasteiger partial charge in [-0.3, -0.25) is 19.9 Å². The topological polar surface area (TPSA) is 54.8 Å². The summed E-state index contributed by atoms with van der Waals surface area (Å²) < 4.78 is 44.2. The van der Waals surface area contributed by atoms with Gasteiger partial charge in [-0.1, -0.05) is 78.8 Å². The summed E-state index contributed by atoms with van der Waals surface area (Å²) in [5, 5.41) is 0. The predicted molar refractivity (Wildman–Crippen MR) is 226 cm³/mol. The number of rotatable bonds is 7. The molecule has 0 aliphatic carbocycles. The van der Waals surface area contributed by atoms with E-state index in [4.69, 9.17) is 24.0 Å². The summed E-state index contributed by atoms with van der Waals surface area (Å²) in [6.07, 6.45) is 0. The Balaban J connectivity index is 0.00000514. The fourth-order valence-electron chi connectivity index (χ4n) is 7.28. The fraction of sp³-hybridized carbons (Fsp3) is 0.0800. The Kier molecular flexibility index (Phi) is 8.54. The Bertz CT molecular complexity index is 2940. The van der Waals surface area contributed by atoms with Crippen LogP contribution in [0.2, 0.25) is 0 Å². The summed E-state index contributed by atoms with van der Waals surface area (Å²) in [6, 6.07) is 43.8. The zero-order valence-electron chi connectivity index (χ0n) is 36.1. The van der Waals surface area contributed by atoms with Gasteiger partial charge in [0.25, 0.3) is 0 Å². The third-order valence-corrected chi connectivity index (χ3v) is 9.84. The molecule has 0 aliphatic heterocycles. The largest absolute Gasteiger partial charge is 2.00 e. The first-order chi connectivity index (χ1) is 29.0. The first kappa shape index (κ1) is 31.0. The van der Waals surface area contributed by atoms with E-state index in [2.05, 4.69) is 64.1 Å². The minimum atomic E-state index is -0.487. The molecule has 0 N–H and O–H groups in total. The Labute approximate surface area is 349 Å². The summed E-state index contributed by atoms with van der Waals surface area (Å²) in [5.41, 5.74) is 13.5. The fourth-order valence-corrected chi connectivity index (χ4v) is 7.28. The van der Waals surface area contributed by atoms with Crippen molar-refractivity contribution in [3.63, 3.8) is 0 Å². The molecule has 0 saturated heterocycles. The van der Waals surface area contributed by atoms with Gasteiger partial charge in [-0.2, -0.15) is 0 Å². The smallest absolute Gasteiger partial charge is 0.346 e. The SMILES string of the molecule is [2H]c1c([2H])c([2H])c(N(c2[c-]c(-c3nc4ccccc4nc3-c3c(C)cccc3C)ccc2)c2[c-]c(-c3nc4ccccc4nc3-c3c(C)cccc3C)ccc2)c([2H])c1[2H].[Pt+2]. The van der Waals surface area contributed by atoms with Crippen molar-refractivity contribution in [2.24, 2.45) is 0 Å². The van der Waals surface area contributed by atoms with Crippen molar-refractivity contribution < 1.29 is 27.9 Å². The normalized spacial score (nSPS) is 12.3. The summed E-state index contributed by atoms with van der Waals surface area (Å²) >= 11 is 0. The van der Waals surface area contributed by atoms with Crippen molar-refractivity contribution in [1.29, 1.82) is 0 Å². The molecule has 5 nitrogen and oxygen atoms in total. The molecule has 0 spiro atoms. The van der Waals surface area contributed by atoms with Crippen LogP contribution in [0.25, 0.3) is 67.1 Å². The van der Waals surface area contributed by atoms with Crippen molar-refractivity contribution in [2.45, 2.75) is 27.7 Å².